The van der Waals surface area contributed by atoms with E-state index in [-0.39, 0.29) is 5.75 Å². The summed E-state index contributed by atoms with van der Waals surface area (Å²) < 4.78 is 28.3. The predicted molar refractivity (Wildman–Crippen MR) is 58.5 cm³/mol. The fourth-order valence-corrected chi connectivity index (χ4v) is 1.32. The normalized spacial score (nSPS) is 10.5. The molecule has 0 aliphatic heterocycles. The number of pyridine rings is 2. The number of nitrogens with zero attached hydrogens (tertiary/aromatic N) is 2. The average molecular weight is 237 g/mol. The van der Waals surface area contributed by atoms with Crippen molar-refractivity contribution in [1.29, 1.82) is 0 Å². The molecule has 0 radical (unpaired) electrons. The van der Waals surface area contributed by atoms with Gasteiger partial charge in [-0.15, -0.1) is 0 Å². The molecule has 0 aliphatic carbocycles. The van der Waals surface area contributed by atoms with Crippen LogP contribution in [0.1, 0.15) is 0 Å². The monoisotopic (exact) mass is 237 g/mol. The molecule has 2 aromatic heterocycles. The second-order valence-electron chi connectivity index (χ2n) is 3.26. The van der Waals surface area contributed by atoms with E-state index in [1.165, 1.54) is 18.5 Å². The van der Waals surface area contributed by atoms with Crippen LogP contribution in [0.2, 0.25) is 0 Å². The Kier molecular flexibility index (Phi) is 3.13. The van der Waals surface area contributed by atoms with Crippen LogP contribution in [0, 0.1) is 0 Å². The van der Waals surface area contributed by atoms with E-state index in [9.17, 15) is 8.78 Å². The maximum absolute atomic E-state index is 12.0. The molecule has 4 nitrogen and oxygen atoms in total. The molecule has 0 saturated heterocycles. The van der Waals surface area contributed by atoms with Gasteiger partial charge in [0, 0.05) is 23.5 Å². The molecule has 2 N–H and O–H groups in total. The van der Waals surface area contributed by atoms with Crippen LogP contribution in [0.25, 0.3) is 11.1 Å². The Morgan fingerprint density at radius 3 is 2.59 bits per heavy atom. The van der Waals surface area contributed by atoms with Gasteiger partial charge in [-0.3, -0.25) is 4.98 Å². The first-order valence-electron chi connectivity index (χ1n) is 4.77. The molecule has 0 bridgehead atoms. The number of rotatable bonds is 3. The van der Waals surface area contributed by atoms with E-state index in [0.717, 1.165) is 5.56 Å². The number of nitrogen functional groups attached to an aromatic ring is 1. The SMILES string of the molecule is Nc1ccc(-c2cncc(OC(F)F)c2)cn1. The highest BCUT2D eigenvalue weighted by Crippen LogP contribution is 2.23. The minimum atomic E-state index is -2.86. The number of hydrogen-bond donors (Lipinski definition) is 1. The van der Waals surface area contributed by atoms with E-state index in [0.29, 0.717) is 11.4 Å². The highest BCUT2D eigenvalue weighted by atomic mass is 19.3. The van der Waals surface area contributed by atoms with Crippen molar-refractivity contribution in [2.45, 2.75) is 6.61 Å². The lowest BCUT2D eigenvalue weighted by atomic mass is 10.1. The largest absolute Gasteiger partial charge is 0.433 e. The van der Waals surface area contributed by atoms with Gasteiger partial charge in [0.1, 0.15) is 11.6 Å². The summed E-state index contributed by atoms with van der Waals surface area (Å²) in [4.78, 5) is 7.73. The minimum Gasteiger partial charge on any atom is -0.433 e. The fourth-order valence-electron chi connectivity index (χ4n) is 1.32. The summed E-state index contributed by atoms with van der Waals surface area (Å²) in [5, 5.41) is 0. The van der Waals surface area contributed by atoms with E-state index < -0.39 is 6.61 Å². The van der Waals surface area contributed by atoms with Crippen molar-refractivity contribution in [1.82, 2.24) is 9.97 Å². The van der Waals surface area contributed by atoms with Crippen molar-refractivity contribution < 1.29 is 13.5 Å². The first kappa shape index (κ1) is 11.3. The summed E-state index contributed by atoms with van der Waals surface area (Å²) in [5.74, 6) is 0.399. The van der Waals surface area contributed by atoms with Crippen LogP contribution in [0.5, 0.6) is 5.75 Å². The fraction of sp³-hybridized carbons (Fsp3) is 0.0909. The molecule has 0 fully saturated rings. The maximum Gasteiger partial charge on any atom is 0.387 e. The van der Waals surface area contributed by atoms with Crippen LogP contribution < -0.4 is 10.5 Å². The molecule has 0 aromatic carbocycles. The maximum atomic E-state index is 12.0. The van der Waals surface area contributed by atoms with Gasteiger partial charge in [0.05, 0.1) is 6.20 Å². The summed E-state index contributed by atoms with van der Waals surface area (Å²) in [6.45, 7) is -2.86. The van der Waals surface area contributed by atoms with Crippen LogP contribution in [-0.4, -0.2) is 16.6 Å². The molecule has 0 atom stereocenters. The lowest BCUT2D eigenvalue weighted by molar-refractivity contribution is -0.0500. The minimum absolute atomic E-state index is 0.00863. The Hall–Kier alpha value is -2.24. The van der Waals surface area contributed by atoms with Gasteiger partial charge in [0.25, 0.3) is 0 Å². The number of nitrogens with two attached hydrogens (primary N) is 1. The molecule has 0 saturated carbocycles. The highest BCUT2D eigenvalue weighted by Gasteiger charge is 2.06. The van der Waals surface area contributed by atoms with E-state index in [2.05, 4.69) is 14.7 Å². The smallest absolute Gasteiger partial charge is 0.387 e. The topological polar surface area (TPSA) is 61.0 Å². The molecule has 2 rings (SSSR count). The molecule has 6 heteroatoms. The van der Waals surface area contributed by atoms with Gasteiger partial charge in [-0.2, -0.15) is 8.78 Å². The van der Waals surface area contributed by atoms with Crippen molar-refractivity contribution in [3.63, 3.8) is 0 Å². The highest BCUT2D eigenvalue weighted by molar-refractivity contribution is 5.63. The number of anilines is 1. The van der Waals surface area contributed by atoms with Crippen LogP contribution in [0.15, 0.2) is 36.8 Å². The summed E-state index contributed by atoms with van der Waals surface area (Å²) >= 11 is 0. The number of aromatic nitrogens is 2. The Labute approximate surface area is 96.1 Å². The zero-order valence-corrected chi connectivity index (χ0v) is 8.68. The van der Waals surface area contributed by atoms with Crippen molar-refractivity contribution in [3.05, 3.63) is 36.8 Å². The third-order valence-corrected chi connectivity index (χ3v) is 2.06. The Bertz CT molecular complexity index is 502. The van der Waals surface area contributed by atoms with E-state index in [4.69, 9.17) is 5.73 Å². The summed E-state index contributed by atoms with van der Waals surface area (Å²) in [6, 6.07) is 4.81. The van der Waals surface area contributed by atoms with Gasteiger partial charge in [-0.25, -0.2) is 4.98 Å². The Morgan fingerprint density at radius 2 is 1.94 bits per heavy atom. The molecular formula is C11H9F2N3O. The van der Waals surface area contributed by atoms with Gasteiger partial charge in [0.2, 0.25) is 0 Å². The third kappa shape index (κ3) is 2.87. The molecular weight excluding hydrogens is 228 g/mol. The summed E-state index contributed by atoms with van der Waals surface area (Å²) in [6.07, 6.45) is 4.30. The van der Waals surface area contributed by atoms with Crippen molar-refractivity contribution in [3.8, 4) is 16.9 Å². The van der Waals surface area contributed by atoms with Crippen LogP contribution in [0.4, 0.5) is 14.6 Å². The average Bonchev–Trinajstić information content (AvgIpc) is 2.29. The van der Waals surface area contributed by atoms with E-state index in [1.807, 2.05) is 0 Å². The Balaban J connectivity index is 2.29. The standard InChI is InChI=1S/C11H9F2N3O/c12-11(13)17-9-3-8(4-15-6-9)7-1-2-10(14)16-5-7/h1-6,11H,(H2,14,16). The lowest BCUT2D eigenvalue weighted by Gasteiger charge is -2.06. The van der Waals surface area contributed by atoms with Crippen molar-refractivity contribution in [2.75, 3.05) is 5.73 Å². The zero-order valence-electron chi connectivity index (χ0n) is 8.68. The van der Waals surface area contributed by atoms with Crippen LogP contribution in [-0.2, 0) is 0 Å². The molecule has 0 amide bonds. The van der Waals surface area contributed by atoms with Gasteiger partial charge in [-0.1, -0.05) is 0 Å². The van der Waals surface area contributed by atoms with E-state index in [1.54, 1.807) is 18.3 Å². The second-order valence-corrected chi connectivity index (χ2v) is 3.26. The molecule has 17 heavy (non-hydrogen) atoms. The van der Waals surface area contributed by atoms with Gasteiger partial charge >= 0.3 is 6.61 Å². The summed E-state index contributed by atoms with van der Waals surface area (Å²) in [7, 11) is 0. The predicted octanol–water partition coefficient (Wildman–Crippen LogP) is 2.33. The first-order chi connectivity index (χ1) is 8.15. The van der Waals surface area contributed by atoms with Crippen molar-refractivity contribution in [2.24, 2.45) is 0 Å². The third-order valence-electron chi connectivity index (χ3n) is 2.06. The number of hydrogen-bond acceptors (Lipinski definition) is 4. The lowest BCUT2D eigenvalue weighted by Crippen LogP contribution is -2.02. The van der Waals surface area contributed by atoms with Gasteiger partial charge in [-0.05, 0) is 18.2 Å². The van der Waals surface area contributed by atoms with Crippen LogP contribution >= 0.6 is 0 Å². The summed E-state index contributed by atoms with van der Waals surface area (Å²) in [5.41, 5.74) is 6.81. The van der Waals surface area contributed by atoms with Crippen molar-refractivity contribution >= 4 is 5.82 Å². The molecule has 0 spiro atoms. The molecule has 0 aliphatic rings. The zero-order chi connectivity index (χ0) is 12.3. The Morgan fingerprint density at radius 1 is 1.12 bits per heavy atom. The van der Waals surface area contributed by atoms with Gasteiger partial charge in [0.15, 0.2) is 0 Å². The first-order valence-corrected chi connectivity index (χ1v) is 4.77. The van der Waals surface area contributed by atoms with Crippen LogP contribution in [0.3, 0.4) is 0 Å². The molecule has 2 aromatic rings. The quantitative estimate of drug-likeness (QED) is 0.889. The second kappa shape index (κ2) is 4.73. The molecule has 88 valence electrons. The number of ether oxygens (including phenoxy) is 1. The number of halogens is 2. The van der Waals surface area contributed by atoms with Gasteiger partial charge < -0.3 is 10.5 Å². The molecule has 0 unspecified atom stereocenters. The number of alkyl halides is 2. The molecule has 2 heterocycles. The van der Waals surface area contributed by atoms with E-state index >= 15 is 0 Å².